The van der Waals surface area contributed by atoms with Crippen LogP contribution in [0.2, 0.25) is 5.02 Å². The summed E-state index contributed by atoms with van der Waals surface area (Å²) in [7, 11) is -8.03. The topological polar surface area (TPSA) is 230 Å². The molecule has 354 valence electrons. The van der Waals surface area contributed by atoms with E-state index in [2.05, 4.69) is 14.5 Å². The molecule has 18 nitrogen and oxygen atoms in total. The summed E-state index contributed by atoms with van der Waals surface area (Å²) in [6, 6.07) is 5.24. The van der Waals surface area contributed by atoms with Crippen LogP contribution in [0, 0.1) is 12.8 Å². The molecule has 6 rings (SSSR count). The SMILES string of the molecule is Cc1cn2nc(C3CCCCCCC(C(=O)c4ccc(Cl)cc4NS(C)(=O)=O)C3)cc2nc1N1CC[C@H](N(CCCN2CCN(C(=O)[C@@H](N)CS(=O)(=O)O)CC2)C(=O)OC(C)(C)C)C1. The van der Waals surface area contributed by atoms with Gasteiger partial charge in [0.2, 0.25) is 15.9 Å². The Balaban J connectivity index is 1.13. The largest absolute Gasteiger partial charge is 0.444 e. The van der Waals surface area contributed by atoms with E-state index in [0.29, 0.717) is 94.3 Å². The number of nitrogens with two attached hydrogens (primary N) is 1. The maximum Gasteiger partial charge on any atom is 0.410 e. The van der Waals surface area contributed by atoms with Crippen LogP contribution < -0.4 is 15.4 Å². The molecule has 3 aromatic rings. The molecule has 2 amide bonds. The molecule has 0 bridgehead atoms. The van der Waals surface area contributed by atoms with Crippen LogP contribution in [-0.4, -0.2) is 151 Å². The lowest BCUT2D eigenvalue weighted by Crippen LogP contribution is -2.54. The highest BCUT2D eigenvalue weighted by Gasteiger charge is 2.36. The van der Waals surface area contributed by atoms with Crippen molar-refractivity contribution in [2.24, 2.45) is 11.7 Å². The molecular weight excluding hydrogens is 886 g/mol. The van der Waals surface area contributed by atoms with Crippen molar-refractivity contribution >= 4 is 66.7 Å². The molecule has 0 spiro atoms. The number of ether oxygens (including phenoxy) is 1. The number of nitrogens with one attached hydrogen (secondary N) is 1. The number of aromatic nitrogens is 3. The van der Waals surface area contributed by atoms with Crippen LogP contribution in [0.25, 0.3) is 5.65 Å². The van der Waals surface area contributed by atoms with E-state index < -0.39 is 43.4 Å². The first kappa shape index (κ1) is 49.4. The van der Waals surface area contributed by atoms with E-state index in [-0.39, 0.29) is 35.4 Å². The Morgan fingerprint density at radius 3 is 2.39 bits per heavy atom. The van der Waals surface area contributed by atoms with Gasteiger partial charge >= 0.3 is 6.09 Å². The van der Waals surface area contributed by atoms with Gasteiger partial charge in [-0.05, 0) is 84.5 Å². The Labute approximate surface area is 382 Å². The lowest BCUT2D eigenvalue weighted by atomic mass is 9.83. The first-order valence-electron chi connectivity index (χ1n) is 22.2. The molecule has 1 aromatic carbocycles. The van der Waals surface area contributed by atoms with Crippen molar-refractivity contribution in [1.82, 2.24) is 29.3 Å². The minimum Gasteiger partial charge on any atom is -0.444 e. The molecule has 2 aromatic heterocycles. The van der Waals surface area contributed by atoms with Crippen molar-refractivity contribution in [1.29, 1.82) is 0 Å². The summed E-state index contributed by atoms with van der Waals surface area (Å²) in [5.74, 6) is -1.00. The van der Waals surface area contributed by atoms with Crippen molar-refractivity contribution in [2.75, 3.05) is 74.0 Å². The number of aryl methyl sites for hydroxylation is 1. The van der Waals surface area contributed by atoms with Gasteiger partial charge < -0.3 is 25.2 Å². The zero-order chi connectivity index (χ0) is 46.6. The van der Waals surface area contributed by atoms with Crippen molar-refractivity contribution in [3.63, 3.8) is 0 Å². The van der Waals surface area contributed by atoms with Crippen LogP contribution in [0.5, 0.6) is 0 Å². The third kappa shape index (κ3) is 13.5. The fraction of sp³-hybridized carbons (Fsp3) is 0.651. The predicted octanol–water partition coefficient (Wildman–Crippen LogP) is 4.95. The number of nitrogens with zero attached hydrogens (tertiary/aromatic N) is 7. The van der Waals surface area contributed by atoms with Crippen LogP contribution in [-0.2, 0) is 29.7 Å². The number of piperazine rings is 1. The number of carbonyl (C=O) groups excluding carboxylic acids is 3. The maximum atomic E-state index is 14.2. The van der Waals surface area contributed by atoms with Crippen LogP contribution in [0.15, 0.2) is 30.5 Å². The number of hydrogen-bond acceptors (Lipinski definition) is 13. The number of benzene rings is 1. The molecule has 2 saturated heterocycles. The van der Waals surface area contributed by atoms with Gasteiger partial charge in [-0.1, -0.05) is 37.3 Å². The van der Waals surface area contributed by atoms with E-state index in [9.17, 15) is 31.2 Å². The predicted molar refractivity (Wildman–Crippen MR) is 246 cm³/mol. The summed E-state index contributed by atoms with van der Waals surface area (Å²) in [4.78, 5) is 53.4. The van der Waals surface area contributed by atoms with E-state index in [0.717, 1.165) is 55.4 Å². The molecule has 3 aliphatic rings. The van der Waals surface area contributed by atoms with Gasteiger partial charge in [0.25, 0.3) is 10.1 Å². The Hall–Kier alpha value is -4.08. The second-order valence-corrected chi connectivity index (χ2v) is 22.3. The van der Waals surface area contributed by atoms with Crippen molar-refractivity contribution in [2.45, 2.75) is 109 Å². The lowest BCUT2D eigenvalue weighted by Gasteiger charge is -2.36. The normalized spacial score (nSPS) is 21.2. The maximum absolute atomic E-state index is 14.2. The number of anilines is 2. The van der Waals surface area contributed by atoms with Gasteiger partial charge in [-0.15, -0.1) is 0 Å². The quantitative estimate of drug-likeness (QED) is 0.143. The second kappa shape index (κ2) is 20.6. The fourth-order valence-electron chi connectivity index (χ4n) is 9.12. The molecule has 2 aliphatic heterocycles. The molecule has 1 aliphatic carbocycles. The molecule has 2 unspecified atom stereocenters. The molecule has 1 saturated carbocycles. The van der Waals surface area contributed by atoms with Gasteiger partial charge in [0.05, 0.1) is 29.4 Å². The van der Waals surface area contributed by atoms with Gasteiger partial charge in [-0.2, -0.15) is 13.5 Å². The van der Waals surface area contributed by atoms with Crippen LogP contribution in [0.3, 0.4) is 0 Å². The number of halogens is 1. The van der Waals surface area contributed by atoms with Gasteiger partial charge in [0.1, 0.15) is 17.5 Å². The Kier molecular flexibility index (Phi) is 15.9. The van der Waals surface area contributed by atoms with E-state index in [4.69, 9.17) is 36.7 Å². The molecular formula is C43H64ClN9O9S2. The summed E-state index contributed by atoms with van der Waals surface area (Å²) in [5.41, 5.74) is 8.03. The standard InChI is InChI=1S/C43H64ClN9O9S2/c1-29-26-53-38(25-36(47-53)30-11-8-6-7-9-12-31(23-30)39(54)34-14-13-32(44)24-37(34)48-63(5,57)58)46-40(29)51-18-15-33(27-51)52(42(56)62-43(2,3)4)17-10-16-49-19-21-50(22-20-49)41(55)35(45)28-64(59,60)61/h13-14,24-26,30-31,33,35,48H,6-12,15-23,27-28,45H2,1-5H3,(H,59,60,61)/t30?,31?,33-,35-/m0/s1. The fourth-order valence-corrected chi connectivity index (χ4v) is 10.5. The number of amides is 2. The zero-order valence-corrected chi connectivity index (χ0v) is 39.9. The summed E-state index contributed by atoms with van der Waals surface area (Å²) in [6.07, 6.45) is 10.1. The number of carbonyl (C=O) groups is 3. The molecule has 4 N–H and O–H groups in total. The molecule has 0 radical (unpaired) electrons. The van der Waals surface area contributed by atoms with Crippen molar-refractivity contribution in [3.05, 3.63) is 52.3 Å². The molecule has 21 heteroatoms. The smallest absolute Gasteiger partial charge is 0.410 e. The third-order valence-electron chi connectivity index (χ3n) is 12.2. The number of hydrogen-bond donors (Lipinski definition) is 3. The zero-order valence-electron chi connectivity index (χ0n) is 37.5. The molecule has 4 heterocycles. The van der Waals surface area contributed by atoms with Crippen LogP contribution in [0.1, 0.15) is 106 Å². The summed E-state index contributed by atoms with van der Waals surface area (Å²) in [5, 5.41) is 5.33. The summed E-state index contributed by atoms with van der Waals surface area (Å²) >= 11 is 6.22. The Morgan fingerprint density at radius 1 is 1.02 bits per heavy atom. The lowest BCUT2D eigenvalue weighted by molar-refractivity contribution is -0.133. The van der Waals surface area contributed by atoms with Gasteiger partial charge in [0.15, 0.2) is 11.4 Å². The van der Waals surface area contributed by atoms with Crippen molar-refractivity contribution < 1.29 is 40.5 Å². The molecule has 4 atom stereocenters. The third-order valence-corrected chi connectivity index (χ3v) is 13.8. The number of ketones is 1. The van der Waals surface area contributed by atoms with Crippen LogP contribution in [0.4, 0.5) is 16.3 Å². The average Bonchev–Trinajstić information content (AvgIpc) is 3.86. The van der Waals surface area contributed by atoms with E-state index >= 15 is 0 Å². The number of sulfonamides is 1. The first-order chi connectivity index (χ1) is 30.0. The van der Waals surface area contributed by atoms with Gasteiger partial charge in [-0.3, -0.25) is 23.8 Å². The molecule has 3 fully saturated rings. The first-order valence-corrected chi connectivity index (χ1v) is 26.1. The average molecular weight is 951 g/mol. The second-order valence-electron chi connectivity index (χ2n) is 18.6. The highest BCUT2D eigenvalue weighted by atomic mass is 35.5. The highest BCUT2D eigenvalue weighted by Crippen LogP contribution is 2.37. The number of Topliss-reactive ketones (excluding diaryl/α,β-unsaturated/α-hetero) is 1. The summed E-state index contributed by atoms with van der Waals surface area (Å²) < 4.78 is 66.1. The highest BCUT2D eigenvalue weighted by molar-refractivity contribution is 7.92. The van der Waals surface area contributed by atoms with Gasteiger partial charge in [0, 0.05) is 86.1 Å². The monoisotopic (exact) mass is 949 g/mol. The van der Waals surface area contributed by atoms with Gasteiger partial charge in [-0.25, -0.2) is 22.7 Å². The Morgan fingerprint density at radius 2 is 1.72 bits per heavy atom. The van der Waals surface area contributed by atoms with E-state index in [1.54, 1.807) is 16.6 Å². The van der Waals surface area contributed by atoms with E-state index in [1.807, 2.05) is 44.9 Å². The summed E-state index contributed by atoms with van der Waals surface area (Å²) in [6.45, 7) is 11.8. The minimum atomic E-state index is -4.38. The van der Waals surface area contributed by atoms with E-state index in [1.165, 1.54) is 11.0 Å². The Bertz CT molecular complexity index is 2380. The minimum absolute atomic E-state index is 0.0163. The molecule has 64 heavy (non-hydrogen) atoms. The van der Waals surface area contributed by atoms with Crippen molar-refractivity contribution in [3.8, 4) is 0 Å². The number of rotatable bonds is 14. The van der Waals surface area contributed by atoms with Crippen LogP contribution >= 0.6 is 11.6 Å². The number of fused-ring (bicyclic) bond motifs is 1.